The van der Waals surface area contributed by atoms with Crippen molar-refractivity contribution in [1.29, 1.82) is 0 Å². The van der Waals surface area contributed by atoms with Gasteiger partial charge in [-0.25, -0.2) is 4.39 Å². The number of rotatable bonds is 5. The molecular formula is C15H26FIN4. The van der Waals surface area contributed by atoms with Crippen LogP contribution in [0.15, 0.2) is 29.3 Å². The van der Waals surface area contributed by atoms with Crippen LogP contribution in [0.4, 0.5) is 4.39 Å². The molecule has 1 aromatic rings. The van der Waals surface area contributed by atoms with Crippen LogP contribution in [0.3, 0.4) is 0 Å². The molecule has 0 amide bonds. The molecule has 21 heavy (non-hydrogen) atoms. The van der Waals surface area contributed by atoms with E-state index in [4.69, 9.17) is 0 Å². The summed E-state index contributed by atoms with van der Waals surface area (Å²) in [4.78, 5) is 6.29. The van der Waals surface area contributed by atoms with Crippen LogP contribution in [-0.4, -0.2) is 44.1 Å². The number of nitrogens with zero attached hydrogens (tertiary/aromatic N) is 2. The summed E-state index contributed by atoms with van der Waals surface area (Å²) in [5.74, 6) is 0.465. The van der Waals surface area contributed by atoms with Crippen LogP contribution in [0, 0.1) is 5.82 Å². The number of benzene rings is 1. The molecule has 120 valence electrons. The zero-order chi connectivity index (χ0) is 15.2. The maximum Gasteiger partial charge on any atom is 0.191 e. The van der Waals surface area contributed by atoms with Gasteiger partial charge in [-0.1, -0.05) is 18.2 Å². The molecular weight excluding hydrogens is 382 g/mol. The zero-order valence-corrected chi connectivity index (χ0v) is 15.7. The standard InChI is InChI=1S/C15H25FN4.HI/c1-15(2,20(4)5)11-19-14(17-3)18-10-12-8-6-7-9-13(12)16;/h6-9H,10-11H2,1-5H3,(H2,17,18,19);1H. The van der Waals surface area contributed by atoms with Crippen molar-refractivity contribution in [2.75, 3.05) is 27.7 Å². The Morgan fingerprint density at radius 3 is 2.38 bits per heavy atom. The molecule has 0 aromatic heterocycles. The zero-order valence-electron chi connectivity index (χ0n) is 13.4. The number of nitrogens with one attached hydrogen (secondary N) is 2. The van der Waals surface area contributed by atoms with E-state index in [9.17, 15) is 4.39 Å². The molecule has 0 bridgehead atoms. The van der Waals surface area contributed by atoms with Crippen LogP contribution >= 0.6 is 24.0 Å². The maximum absolute atomic E-state index is 13.5. The minimum Gasteiger partial charge on any atom is -0.355 e. The van der Waals surface area contributed by atoms with Crippen molar-refractivity contribution in [3.63, 3.8) is 0 Å². The van der Waals surface area contributed by atoms with Crippen molar-refractivity contribution in [2.24, 2.45) is 4.99 Å². The molecule has 0 heterocycles. The van der Waals surface area contributed by atoms with Crippen LogP contribution in [0.1, 0.15) is 19.4 Å². The molecule has 0 aliphatic rings. The fraction of sp³-hybridized carbons (Fsp3) is 0.533. The first-order chi connectivity index (χ1) is 9.36. The highest BCUT2D eigenvalue weighted by atomic mass is 127. The molecule has 0 aliphatic heterocycles. The van der Waals surface area contributed by atoms with Crippen LogP contribution in [-0.2, 0) is 6.54 Å². The maximum atomic E-state index is 13.5. The summed E-state index contributed by atoms with van der Waals surface area (Å²) in [5, 5.41) is 6.37. The van der Waals surface area contributed by atoms with Gasteiger partial charge in [0.2, 0.25) is 0 Å². The summed E-state index contributed by atoms with van der Waals surface area (Å²) < 4.78 is 13.5. The van der Waals surface area contributed by atoms with Crippen molar-refractivity contribution in [3.8, 4) is 0 Å². The normalized spacial score (nSPS) is 12.0. The molecule has 6 heteroatoms. The van der Waals surface area contributed by atoms with E-state index in [2.05, 4.69) is 34.4 Å². The number of guanidine groups is 1. The van der Waals surface area contributed by atoms with E-state index >= 15 is 0 Å². The molecule has 0 saturated heterocycles. The van der Waals surface area contributed by atoms with E-state index in [1.165, 1.54) is 6.07 Å². The molecule has 0 aliphatic carbocycles. The van der Waals surface area contributed by atoms with Gasteiger partial charge in [0.1, 0.15) is 5.82 Å². The lowest BCUT2D eigenvalue weighted by atomic mass is 10.0. The Kier molecular flexibility index (Phi) is 8.80. The van der Waals surface area contributed by atoms with Crippen LogP contribution < -0.4 is 10.6 Å². The highest BCUT2D eigenvalue weighted by Crippen LogP contribution is 2.08. The summed E-state index contributed by atoms with van der Waals surface area (Å²) in [6.07, 6.45) is 0. The second-order valence-corrected chi connectivity index (χ2v) is 5.58. The molecule has 4 nitrogen and oxygen atoms in total. The second-order valence-electron chi connectivity index (χ2n) is 5.58. The quantitative estimate of drug-likeness (QED) is 0.447. The van der Waals surface area contributed by atoms with Crippen molar-refractivity contribution in [3.05, 3.63) is 35.6 Å². The Morgan fingerprint density at radius 1 is 1.24 bits per heavy atom. The molecule has 0 saturated carbocycles. The number of hydrogen-bond donors (Lipinski definition) is 2. The first-order valence-electron chi connectivity index (χ1n) is 6.72. The summed E-state index contributed by atoms with van der Waals surface area (Å²) in [7, 11) is 5.79. The van der Waals surface area contributed by atoms with Crippen LogP contribution in [0.2, 0.25) is 0 Å². The third-order valence-corrected chi connectivity index (χ3v) is 3.53. The number of aliphatic imine (C=N–C) groups is 1. The fourth-order valence-corrected chi connectivity index (χ4v) is 1.50. The van der Waals surface area contributed by atoms with Gasteiger partial charge in [-0.3, -0.25) is 4.99 Å². The Hall–Kier alpha value is -0.890. The first-order valence-corrected chi connectivity index (χ1v) is 6.72. The largest absolute Gasteiger partial charge is 0.355 e. The number of halogens is 2. The molecule has 1 aromatic carbocycles. The van der Waals surface area contributed by atoms with Crippen molar-refractivity contribution < 1.29 is 4.39 Å². The second kappa shape index (κ2) is 9.19. The molecule has 0 spiro atoms. The molecule has 0 fully saturated rings. The fourth-order valence-electron chi connectivity index (χ4n) is 1.50. The van der Waals surface area contributed by atoms with Gasteiger partial charge in [-0.05, 0) is 34.0 Å². The highest BCUT2D eigenvalue weighted by Gasteiger charge is 2.20. The summed E-state index contributed by atoms with van der Waals surface area (Å²) in [6, 6.07) is 6.73. The predicted octanol–water partition coefficient (Wildman–Crippen LogP) is 2.45. The predicted molar refractivity (Wildman–Crippen MR) is 97.8 cm³/mol. The highest BCUT2D eigenvalue weighted by molar-refractivity contribution is 14.0. The van der Waals surface area contributed by atoms with E-state index in [1.807, 2.05) is 20.2 Å². The van der Waals surface area contributed by atoms with E-state index < -0.39 is 0 Å². The Bertz CT molecular complexity index is 461. The van der Waals surface area contributed by atoms with Gasteiger partial charge in [-0.2, -0.15) is 0 Å². The van der Waals surface area contributed by atoms with Gasteiger partial charge in [0.15, 0.2) is 5.96 Å². The SMILES string of the molecule is CN=C(NCc1ccccc1F)NCC(C)(C)N(C)C.I. The van der Waals surface area contributed by atoms with Gasteiger partial charge in [0.05, 0.1) is 0 Å². The lowest BCUT2D eigenvalue weighted by molar-refractivity contribution is 0.197. The number of hydrogen-bond acceptors (Lipinski definition) is 2. The topological polar surface area (TPSA) is 39.7 Å². The van der Waals surface area contributed by atoms with E-state index in [1.54, 1.807) is 19.2 Å². The average molecular weight is 408 g/mol. The Balaban J connectivity index is 0.00000400. The first kappa shape index (κ1) is 20.1. The van der Waals surface area contributed by atoms with Gasteiger partial charge in [-0.15, -0.1) is 24.0 Å². The summed E-state index contributed by atoms with van der Waals surface area (Å²) >= 11 is 0. The van der Waals surface area contributed by atoms with Gasteiger partial charge in [0.25, 0.3) is 0 Å². The molecule has 0 atom stereocenters. The van der Waals surface area contributed by atoms with Crippen molar-refractivity contribution in [1.82, 2.24) is 15.5 Å². The van der Waals surface area contributed by atoms with Gasteiger partial charge >= 0.3 is 0 Å². The van der Waals surface area contributed by atoms with E-state index in [0.29, 0.717) is 18.1 Å². The molecule has 0 radical (unpaired) electrons. The molecule has 0 unspecified atom stereocenters. The van der Waals surface area contributed by atoms with Crippen LogP contribution in [0.25, 0.3) is 0 Å². The smallest absolute Gasteiger partial charge is 0.191 e. The summed E-state index contributed by atoms with van der Waals surface area (Å²) in [5.41, 5.74) is 0.637. The van der Waals surface area contributed by atoms with Crippen molar-refractivity contribution >= 4 is 29.9 Å². The van der Waals surface area contributed by atoms with E-state index in [0.717, 1.165) is 6.54 Å². The van der Waals surface area contributed by atoms with Crippen molar-refractivity contribution in [2.45, 2.75) is 25.9 Å². The lowest BCUT2D eigenvalue weighted by Crippen LogP contribution is -2.50. The average Bonchev–Trinajstić information content (AvgIpc) is 2.40. The lowest BCUT2D eigenvalue weighted by Gasteiger charge is -2.33. The Labute approximate surface area is 144 Å². The minimum absolute atomic E-state index is 0. The third kappa shape index (κ3) is 6.60. The summed E-state index contributed by atoms with van der Waals surface area (Å²) in [6.45, 7) is 5.44. The third-order valence-electron chi connectivity index (χ3n) is 3.53. The minimum atomic E-state index is -0.205. The Morgan fingerprint density at radius 2 is 1.86 bits per heavy atom. The van der Waals surface area contributed by atoms with E-state index in [-0.39, 0.29) is 35.3 Å². The van der Waals surface area contributed by atoms with Gasteiger partial charge in [0, 0.05) is 31.2 Å². The molecule has 2 N–H and O–H groups in total. The number of likely N-dealkylation sites (N-methyl/N-ethyl adjacent to an activating group) is 1. The van der Waals surface area contributed by atoms with Crippen LogP contribution in [0.5, 0.6) is 0 Å². The van der Waals surface area contributed by atoms with Gasteiger partial charge < -0.3 is 15.5 Å². The molecule has 1 rings (SSSR count). The monoisotopic (exact) mass is 408 g/mol.